The quantitative estimate of drug-likeness (QED) is 0.540. The molecule has 0 spiro atoms. The minimum atomic E-state index is -1.47. The average Bonchev–Trinajstić information content (AvgIpc) is 2.25. The molecule has 4 heteroatoms. The van der Waals surface area contributed by atoms with Crippen molar-refractivity contribution in [3.63, 3.8) is 0 Å². The van der Waals surface area contributed by atoms with Crippen molar-refractivity contribution in [2.75, 3.05) is 6.61 Å². The van der Waals surface area contributed by atoms with Crippen LogP contribution >= 0.6 is 0 Å². The summed E-state index contributed by atoms with van der Waals surface area (Å²) in [6, 6.07) is 6.98. The normalized spacial score (nSPS) is 10.1. The maximum atomic E-state index is 9.08. The van der Waals surface area contributed by atoms with Crippen LogP contribution in [-0.4, -0.2) is 23.8 Å². The van der Waals surface area contributed by atoms with E-state index in [9.17, 15) is 0 Å². The van der Waals surface area contributed by atoms with E-state index in [4.69, 9.17) is 14.8 Å². The van der Waals surface area contributed by atoms with Crippen LogP contribution in [0.5, 0.6) is 5.75 Å². The Labute approximate surface area is 90.9 Å². The molecule has 0 aliphatic rings. The second kappa shape index (κ2) is 6.48. The summed E-state index contributed by atoms with van der Waals surface area (Å²) in [7, 11) is -1.47. The number of rotatable bonds is 6. The maximum Gasteiger partial charge on any atom is 0.492 e. The number of hydrogen-bond acceptors (Lipinski definition) is 3. The molecule has 0 heterocycles. The summed E-state index contributed by atoms with van der Waals surface area (Å²) >= 11 is 0. The van der Waals surface area contributed by atoms with E-state index in [1.165, 1.54) is 0 Å². The second-order valence-corrected chi connectivity index (χ2v) is 3.47. The van der Waals surface area contributed by atoms with Crippen LogP contribution in [0.2, 0.25) is 0 Å². The van der Waals surface area contributed by atoms with E-state index in [1.54, 1.807) is 18.2 Å². The summed E-state index contributed by atoms with van der Waals surface area (Å²) in [6.07, 6.45) is 3.27. The molecule has 0 fully saturated rings. The Morgan fingerprint density at radius 3 is 2.60 bits per heavy atom. The molecule has 0 saturated heterocycles. The Morgan fingerprint density at radius 2 is 1.93 bits per heavy atom. The van der Waals surface area contributed by atoms with Gasteiger partial charge in [-0.1, -0.05) is 38.0 Å². The number of benzene rings is 1. The van der Waals surface area contributed by atoms with Crippen LogP contribution < -0.4 is 10.2 Å². The molecule has 1 aromatic rings. The lowest BCUT2D eigenvalue weighted by Crippen LogP contribution is -2.31. The van der Waals surface area contributed by atoms with E-state index >= 15 is 0 Å². The maximum absolute atomic E-state index is 9.08. The zero-order valence-corrected chi connectivity index (χ0v) is 9.02. The highest BCUT2D eigenvalue weighted by Gasteiger charge is 2.15. The highest BCUT2D eigenvalue weighted by Crippen LogP contribution is 2.08. The van der Waals surface area contributed by atoms with Gasteiger partial charge in [-0.3, -0.25) is 0 Å². The first-order valence-corrected chi connectivity index (χ1v) is 5.33. The molecule has 0 bridgehead atoms. The first kappa shape index (κ1) is 12.1. The number of hydrogen-bond donors (Lipinski definition) is 2. The molecule has 0 aromatic heterocycles. The minimum absolute atomic E-state index is 0.425. The zero-order chi connectivity index (χ0) is 11.1. The second-order valence-electron chi connectivity index (χ2n) is 3.47. The summed E-state index contributed by atoms with van der Waals surface area (Å²) in [4.78, 5) is 0. The van der Waals surface area contributed by atoms with Gasteiger partial charge in [-0.25, -0.2) is 0 Å². The third-order valence-electron chi connectivity index (χ3n) is 2.20. The molecule has 0 radical (unpaired) electrons. The fraction of sp³-hybridized carbons (Fsp3) is 0.455. The molecular weight excluding hydrogens is 191 g/mol. The number of ether oxygens (including phenoxy) is 1. The van der Waals surface area contributed by atoms with Crippen LogP contribution in [0.25, 0.3) is 0 Å². The molecule has 0 unspecified atom stereocenters. The Bertz CT molecular complexity index is 289. The van der Waals surface area contributed by atoms with E-state index in [0.29, 0.717) is 17.8 Å². The van der Waals surface area contributed by atoms with Crippen molar-refractivity contribution in [2.45, 2.75) is 26.2 Å². The Morgan fingerprint density at radius 1 is 1.20 bits per heavy atom. The van der Waals surface area contributed by atoms with Crippen molar-refractivity contribution in [3.05, 3.63) is 24.3 Å². The van der Waals surface area contributed by atoms with Gasteiger partial charge < -0.3 is 14.8 Å². The first-order chi connectivity index (χ1) is 7.25. The number of unbranched alkanes of at least 4 members (excludes halogenated alkanes) is 2. The molecule has 15 heavy (non-hydrogen) atoms. The Balaban J connectivity index is 2.52. The largest absolute Gasteiger partial charge is 0.494 e. The molecule has 82 valence electrons. The molecule has 0 aliphatic heterocycles. The number of para-hydroxylation sites is 1. The van der Waals surface area contributed by atoms with Crippen LogP contribution in [0.3, 0.4) is 0 Å². The molecule has 0 amide bonds. The SMILES string of the molecule is CCCCCOc1ccccc1B(O)O. The summed E-state index contributed by atoms with van der Waals surface area (Å²) in [5.41, 5.74) is 0.425. The fourth-order valence-electron chi connectivity index (χ4n) is 1.36. The van der Waals surface area contributed by atoms with E-state index < -0.39 is 7.12 Å². The monoisotopic (exact) mass is 208 g/mol. The van der Waals surface area contributed by atoms with Crippen LogP contribution in [0, 0.1) is 0 Å². The lowest BCUT2D eigenvalue weighted by Gasteiger charge is -2.10. The van der Waals surface area contributed by atoms with Gasteiger partial charge in [-0.2, -0.15) is 0 Å². The lowest BCUT2D eigenvalue weighted by atomic mass is 9.79. The molecule has 0 atom stereocenters. The highest BCUT2D eigenvalue weighted by molar-refractivity contribution is 6.59. The first-order valence-electron chi connectivity index (χ1n) is 5.33. The van der Waals surface area contributed by atoms with Crippen molar-refractivity contribution < 1.29 is 14.8 Å². The summed E-state index contributed by atoms with van der Waals surface area (Å²) in [6.45, 7) is 2.75. The van der Waals surface area contributed by atoms with Gasteiger partial charge in [0.05, 0.1) is 6.61 Å². The van der Waals surface area contributed by atoms with E-state index in [-0.39, 0.29) is 0 Å². The third kappa shape index (κ3) is 3.94. The topological polar surface area (TPSA) is 49.7 Å². The molecule has 3 nitrogen and oxygen atoms in total. The predicted octanol–water partition coefficient (Wildman–Crippen LogP) is 0.935. The fourth-order valence-corrected chi connectivity index (χ4v) is 1.36. The van der Waals surface area contributed by atoms with Crippen LogP contribution in [0.1, 0.15) is 26.2 Å². The molecule has 0 saturated carbocycles. The standard InChI is InChI=1S/C11H17BO3/c1-2-3-6-9-15-11-8-5-4-7-10(11)12(13)14/h4-5,7-8,13-14H,2-3,6,9H2,1H3. The smallest absolute Gasteiger partial charge is 0.492 e. The van der Waals surface area contributed by atoms with E-state index in [0.717, 1.165) is 19.3 Å². The molecule has 2 N–H and O–H groups in total. The lowest BCUT2D eigenvalue weighted by molar-refractivity contribution is 0.306. The van der Waals surface area contributed by atoms with Gasteiger partial charge in [0.25, 0.3) is 0 Å². The Kier molecular flexibility index (Phi) is 5.22. The Hall–Kier alpha value is -0.995. The van der Waals surface area contributed by atoms with Crippen LogP contribution in [0.4, 0.5) is 0 Å². The van der Waals surface area contributed by atoms with Gasteiger partial charge in [0, 0.05) is 5.46 Å². The molecular formula is C11H17BO3. The summed E-state index contributed by atoms with van der Waals surface area (Å²) in [5.74, 6) is 0.559. The van der Waals surface area contributed by atoms with Crippen molar-refractivity contribution in [2.24, 2.45) is 0 Å². The van der Waals surface area contributed by atoms with Gasteiger partial charge in [0.2, 0.25) is 0 Å². The predicted molar refractivity (Wildman–Crippen MR) is 61.3 cm³/mol. The molecule has 0 aliphatic carbocycles. The van der Waals surface area contributed by atoms with Crippen LogP contribution in [-0.2, 0) is 0 Å². The average molecular weight is 208 g/mol. The zero-order valence-electron chi connectivity index (χ0n) is 9.02. The van der Waals surface area contributed by atoms with E-state index in [1.807, 2.05) is 6.07 Å². The van der Waals surface area contributed by atoms with Gasteiger partial charge in [0.15, 0.2) is 0 Å². The van der Waals surface area contributed by atoms with Gasteiger partial charge in [0.1, 0.15) is 5.75 Å². The van der Waals surface area contributed by atoms with Gasteiger partial charge >= 0.3 is 7.12 Å². The summed E-state index contributed by atoms with van der Waals surface area (Å²) in [5, 5.41) is 18.2. The highest BCUT2D eigenvalue weighted by atomic mass is 16.5. The summed E-state index contributed by atoms with van der Waals surface area (Å²) < 4.78 is 5.48. The van der Waals surface area contributed by atoms with Crippen molar-refractivity contribution in [1.29, 1.82) is 0 Å². The molecule has 1 aromatic carbocycles. The van der Waals surface area contributed by atoms with Crippen molar-refractivity contribution >= 4 is 12.6 Å². The van der Waals surface area contributed by atoms with Crippen molar-refractivity contribution in [3.8, 4) is 5.75 Å². The van der Waals surface area contributed by atoms with Gasteiger partial charge in [-0.15, -0.1) is 0 Å². The van der Waals surface area contributed by atoms with Crippen molar-refractivity contribution in [1.82, 2.24) is 0 Å². The van der Waals surface area contributed by atoms with E-state index in [2.05, 4.69) is 6.92 Å². The van der Waals surface area contributed by atoms with Gasteiger partial charge in [-0.05, 0) is 12.5 Å². The van der Waals surface area contributed by atoms with Crippen LogP contribution in [0.15, 0.2) is 24.3 Å². The molecule has 1 rings (SSSR count). The third-order valence-corrected chi connectivity index (χ3v) is 2.20. The minimum Gasteiger partial charge on any atom is -0.494 e.